The first-order chi connectivity index (χ1) is 14.1. The SMILES string of the molecule is CCc1ccc(C(=O)[C@H]2[C@H](c3ccccc3)C23C(=O)c2ccccc2C3=O)cc1. The van der Waals surface area contributed by atoms with Crippen LogP contribution in [0.15, 0.2) is 78.9 Å². The van der Waals surface area contributed by atoms with Gasteiger partial charge in [0.1, 0.15) is 5.41 Å². The van der Waals surface area contributed by atoms with Crippen molar-refractivity contribution in [2.24, 2.45) is 11.3 Å². The molecule has 1 fully saturated rings. The van der Waals surface area contributed by atoms with Crippen LogP contribution in [0.2, 0.25) is 0 Å². The zero-order valence-corrected chi connectivity index (χ0v) is 16.1. The van der Waals surface area contributed by atoms with Crippen LogP contribution >= 0.6 is 0 Å². The van der Waals surface area contributed by atoms with E-state index in [1.165, 1.54) is 0 Å². The molecule has 0 aliphatic heterocycles. The minimum atomic E-state index is -1.30. The second kappa shape index (κ2) is 6.35. The smallest absolute Gasteiger partial charge is 0.178 e. The second-order valence-electron chi connectivity index (χ2n) is 7.85. The largest absolute Gasteiger partial charge is 0.294 e. The van der Waals surface area contributed by atoms with Crippen molar-refractivity contribution in [3.8, 4) is 0 Å². The molecular weight excluding hydrogens is 360 g/mol. The summed E-state index contributed by atoms with van der Waals surface area (Å²) >= 11 is 0. The lowest BCUT2D eigenvalue weighted by Crippen LogP contribution is -2.23. The molecule has 3 aromatic carbocycles. The fraction of sp³-hybridized carbons (Fsp3) is 0.192. The number of aryl methyl sites for hydroxylation is 1. The third kappa shape index (κ3) is 2.34. The fourth-order valence-corrected chi connectivity index (χ4v) is 4.94. The van der Waals surface area contributed by atoms with E-state index in [0.717, 1.165) is 17.5 Å². The lowest BCUT2D eigenvalue weighted by molar-refractivity contribution is 0.0764. The molecule has 0 aromatic heterocycles. The molecule has 3 nitrogen and oxygen atoms in total. The highest BCUT2D eigenvalue weighted by atomic mass is 16.2. The van der Waals surface area contributed by atoms with Crippen LogP contribution in [0.5, 0.6) is 0 Å². The highest BCUT2D eigenvalue weighted by molar-refractivity contribution is 6.35. The molecule has 0 radical (unpaired) electrons. The van der Waals surface area contributed by atoms with Gasteiger partial charge in [0.15, 0.2) is 17.3 Å². The molecule has 1 saturated carbocycles. The number of hydrogen-bond acceptors (Lipinski definition) is 3. The molecular formula is C26H20O3. The van der Waals surface area contributed by atoms with Crippen LogP contribution in [0.1, 0.15) is 55.0 Å². The first-order valence-electron chi connectivity index (χ1n) is 9.97. The quantitative estimate of drug-likeness (QED) is 0.477. The van der Waals surface area contributed by atoms with E-state index in [1.54, 1.807) is 24.3 Å². The number of fused-ring (bicyclic) bond motifs is 1. The molecule has 29 heavy (non-hydrogen) atoms. The third-order valence-electron chi connectivity index (χ3n) is 6.46. The first kappa shape index (κ1) is 17.7. The Kier molecular flexibility index (Phi) is 3.88. The van der Waals surface area contributed by atoms with Crippen molar-refractivity contribution in [1.29, 1.82) is 0 Å². The zero-order valence-electron chi connectivity index (χ0n) is 16.1. The molecule has 0 unspecified atom stereocenters. The third-order valence-corrected chi connectivity index (χ3v) is 6.46. The van der Waals surface area contributed by atoms with Gasteiger partial charge in [-0.2, -0.15) is 0 Å². The Balaban J connectivity index is 1.63. The summed E-state index contributed by atoms with van der Waals surface area (Å²) in [5, 5.41) is 0. The van der Waals surface area contributed by atoms with Crippen LogP contribution in [0.4, 0.5) is 0 Å². The lowest BCUT2D eigenvalue weighted by atomic mass is 9.91. The molecule has 1 spiro atoms. The van der Waals surface area contributed by atoms with Gasteiger partial charge in [-0.05, 0) is 17.5 Å². The Bertz CT molecular complexity index is 1110. The number of benzene rings is 3. The van der Waals surface area contributed by atoms with Gasteiger partial charge in [-0.1, -0.05) is 85.8 Å². The predicted octanol–water partition coefficient (Wildman–Crippen LogP) is 4.91. The summed E-state index contributed by atoms with van der Waals surface area (Å²) < 4.78 is 0. The van der Waals surface area contributed by atoms with Crippen molar-refractivity contribution in [2.75, 3.05) is 0 Å². The van der Waals surface area contributed by atoms with Gasteiger partial charge >= 0.3 is 0 Å². The molecule has 5 rings (SSSR count). The molecule has 3 heteroatoms. The van der Waals surface area contributed by atoms with Crippen LogP contribution in [-0.4, -0.2) is 17.3 Å². The molecule has 2 aliphatic carbocycles. The average molecular weight is 380 g/mol. The van der Waals surface area contributed by atoms with E-state index in [-0.39, 0.29) is 17.3 Å². The van der Waals surface area contributed by atoms with E-state index < -0.39 is 17.3 Å². The molecule has 0 bridgehead atoms. The summed E-state index contributed by atoms with van der Waals surface area (Å²) in [5.74, 6) is -1.64. The van der Waals surface area contributed by atoms with E-state index in [2.05, 4.69) is 6.92 Å². The van der Waals surface area contributed by atoms with Crippen molar-refractivity contribution >= 4 is 17.3 Å². The molecule has 0 amide bonds. The fourth-order valence-electron chi connectivity index (χ4n) is 4.94. The van der Waals surface area contributed by atoms with E-state index in [4.69, 9.17) is 0 Å². The van der Waals surface area contributed by atoms with Gasteiger partial charge in [0.2, 0.25) is 0 Å². The minimum Gasteiger partial charge on any atom is -0.294 e. The van der Waals surface area contributed by atoms with Crippen molar-refractivity contribution in [2.45, 2.75) is 19.3 Å². The molecule has 2 aliphatic rings. The predicted molar refractivity (Wildman–Crippen MR) is 110 cm³/mol. The second-order valence-corrected chi connectivity index (χ2v) is 7.85. The Morgan fingerprint density at radius 2 is 1.34 bits per heavy atom. The first-order valence-corrected chi connectivity index (χ1v) is 9.97. The summed E-state index contributed by atoms with van der Waals surface area (Å²) in [6, 6.07) is 23.9. The highest BCUT2D eigenvalue weighted by Crippen LogP contribution is 2.70. The molecule has 2 atom stereocenters. The molecule has 0 saturated heterocycles. The lowest BCUT2D eigenvalue weighted by Gasteiger charge is -2.07. The summed E-state index contributed by atoms with van der Waals surface area (Å²) in [6.45, 7) is 2.06. The van der Waals surface area contributed by atoms with Gasteiger partial charge in [-0.25, -0.2) is 0 Å². The summed E-state index contributed by atoms with van der Waals surface area (Å²) in [4.78, 5) is 40.4. The molecule has 0 N–H and O–H groups in total. The number of carbonyl (C=O) groups excluding carboxylic acids is 3. The van der Waals surface area contributed by atoms with Crippen LogP contribution in [-0.2, 0) is 6.42 Å². The van der Waals surface area contributed by atoms with Crippen molar-refractivity contribution in [1.82, 2.24) is 0 Å². The number of hydrogen-bond donors (Lipinski definition) is 0. The van der Waals surface area contributed by atoms with Crippen molar-refractivity contribution < 1.29 is 14.4 Å². The molecule has 3 aromatic rings. The van der Waals surface area contributed by atoms with Gasteiger partial charge in [-0.15, -0.1) is 0 Å². The normalized spacial score (nSPS) is 21.3. The number of carbonyl (C=O) groups is 3. The Morgan fingerprint density at radius 1 is 0.793 bits per heavy atom. The maximum atomic E-state index is 13.5. The average Bonchev–Trinajstić information content (AvgIpc) is 3.44. The zero-order chi connectivity index (χ0) is 20.2. The minimum absolute atomic E-state index is 0.129. The van der Waals surface area contributed by atoms with Crippen LogP contribution in [0.3, 0.4) is 0 Å². The highest BCUT2D eigenvalue weighted by Gasteiger charge is 2.78. The summed E-state index contributed by atoms with van der Waals surface area (Å²) in [5.41, 5.74) is 2.15. The van der Waals surface area contributed by atoms with E-state index in [1.807, 2.05) is 54.6 Å². The van der Waals surface area contributed by atoms with Gasteiger partial charge in [0.25, 0.3) is 0 Å². The van der Waals surface area contributed by atoms with E-state index >= 15 is 0 Å². The monoisotopic (exact) mass is 380 g/mol. The number of ketones is 3. The van der Waals surface area contributed by atoms with Crippen LogP contribution in [0.25, 0.3) is 0 Å². The Hall–Kier alpha value is -3.33. The van der Waals surface area contributed by atoms with Gasteiger partial charge in [-0.3, -0.25) is 14.4 Å². The van der Waals surface area contributed by atoms with Crippen LogP contribution < -0.4 is 0 Å². The maximum Gasteiger partial charge on any atom is 0.178 e. The Labute approximate surface area is 169 Å². The van der Waals surface area contributed by atoms with E-state index in [0.29, 0.717) is 16.7 Å². The van der Waals surface area contributed by atoms with Crippen molar-refractivity contribution in [3.05, 3.63) is 107 Å². The van der Waals surface area contributed by atoms with Crippen molar-refractivity contribution in [3.63, 3.8) is 0 Å². The Morgan fingerprint density at radius 3 is 1.90 bits per heavy atom. The van der Waals surface area contributed by atoms with E-state index in [9.17, 15) is 14.4 Å². The summed E-state index contributed by atoms with van der Waals surface area (Å²) in [7, 11) is 0. The van der Waals surface area contributed by atoms with Gasteiger partial charge < -0.3 is 0 Å². The molecule has 142 valence electrons. The molecule has 0 heterocycles. The van der Waals surface area contributed by atoms with Crippen LogP contribution in [0, 0.1) is 11.3 Å². The number of rotatable bonds is 4. The topological polar surface area (TPSA) is 51.2 Å². The van der Waals surface area contributed by atoms with Gasteiger partial charge in [0, 0.05) is 22.6 Å². The number of Topliss-reactive ketones (excluding diaryl/α,β-unsaturated/α-hetero) is 3. The standard InChI is InChI=1S/C26H20O3/c1-2-16-12-14-18(15-13-16)23(27)22-21(17-8-4-3-5-9-17)26(22)24(28)19-10-6-7-11-20(19)25(26)29/h3-15,21-22H,2H2,1H3/t21-,22+/m0/s1. The van der Waals surface area contributed by atoms with Gasteiger partial charge in [0.05, 0.1) is 5.92 Å². The maximum absolute atomic E-state index is 13.5. The summed E-state index contributed by atoms with van der Waals surface area (Å²) in [6.07, 6.45) is 0.890.